The SMILES string of the molecule is Cc1cc(NC(=O)CO/N=C\c2ccc(C(C)C)cc2)no1. The summed E-state index contributed by atoms with van der Waals surface area (Å²) < 4.78 is 4.84. The Morgan fingerprint density at radius 3 is 2.73 bits per heavy atom. The lowest BCUT2D eigenvalue weighted by atomic mass is 10.0. The molecule has 0 atom stereocenters. The van der Waals surface area contributed by atoms with Crippen molar-refractivity contribution in [2.75, 3.05) is 11.9 Å². The molecule has 0 spiro atoms. The van der Waals surface area contributed by atoms with Gasteiger partial charge in [0.1, 0.15) is 5.76 Å². The van der Waals surface area contributed by atoms with Crippen LogP contribution in [0.2, 0.25) is 0 Å². The lowest BCUT2D eigenvalue weighted by Gasteiger charge is -2.04. The molecule has 1 N–H and O–H groups in total. The molecule has 0 aliphatic carbocycles. The van der Waals surface area contributed by atoms with Gasteiger partial charge in [-0.25, -0.2) is 0 Å². The van der Waals surface area contributed by atoms with Gasteiger partial charge < -0.3 is 14.7 Å². The molecule has 0 saturated heterocycles. The highest BCUT2D eigenvalue weighted by molar-refractivity contribution is 5.90. The highest BCUT2D eigenvalue weighted by Crippen LogP contribution is 2.13. The Kier molecular flexibility index (Phi) is 5.30. The summed E-state index contributed by atoms with van der Waals surface area (Å²) in [5.41, 5.74) is 2.18. The molecule has 0 aliphatic heterocycles. The van der Waals surface area contributed by atoms with Crippen molar-refractivity contribution >= 4 is 17.9 Å². The molecule has 1 aromatic carbocycles. The van der Waals surface area contributed by atoms with Crippen LogP contribution in [0, 0.1) is 6.92 Å². The Morgan fingerprint density at radius 1 is 1.41 bits per heavy atom. The molecule has 116 valence electrons. The van der Waals surface area contributed by atoms with Crippen LogP contribution in [0.25, 0.3) is 0 Å². The fourth-order valence-corrected chi connectivity index (χ4v) is 1.77. The third-order valence-corrected chi connectivity index (χ3v) is 2.97. The minimum Gasteiger partial charge on any atom is -0.386 e. The van der Waals surface area contributed by atoms with E-state index in [1.54, 1.807) is 19.2 Å². The lowest BCUT2D eigenvalue weighted by Crippen LogP contribution is -2.17. The van der Waals surface area contributed by atoms with Crippen molar-refractivity contribution in [3.05, 3.63) is 47.2 Å². The number of carbonyl (C=O) groups excluding carboxylic acids is 1. The first kappa shape index (κ1) is 15.8. The Balaban J connectivity index is 1.76. The number of nitrogens with zero attached hydrogens (tertiary/aromatic N) is 2. The van der Waals surface area contributed by atoms with Gasteiger partial charge in [-0.1, -0.05) is 48.4 Å². The van der Waals surface area contributed by atoms with Gasteiger partial charge in [0, 0.05) is 6.07 Å². The Hall–Kier alpha value is -2.63. The maximum atomic E-state index is 11.6. The van der Waals surface area contributed by atoms with E-state index in [0.717, 1.165) is 5.56 Å². The van der Waals surface area contributed by atoms with Crippen LogP contribution in [-0.2, 0) is 9.63 Å². The molecule has 0 bridgehead atoms. The first-order valence-corrected chi connectivity index (χ1v) is 7.03. The van der Waals surface area contributed by atoms with Crippen LogP contribution in [0.1, 0.15) is 36.7 Å². The largest absolute Gasteiger partial charge is 0.386 e. The van der Waals surface area contributed by atoms with E-state index in [1.165, 1.54) is 5.56 Å². The zero-order valence-electron chi connectivity index (χ0n) is 12.9. The Bertz CT molecular complexity index is 645. The second-order valence-electron chi connectivity index (χ2n) is 5.20. The maximum absolute atomic E-state index is 11.6. The monoisotopic (exact) mass is 301 g/mol. The summed E-state index contributed by atoms with van der Waals surface area (Å²) in [6.45, 7) is 5.84. The number of benzene rings is 1. The van der Waals surface area contributed by atoms with Gasteiger partial charge >= 0.3 is 0 Å². The van der Waals surface area contributed by atoms with Crippen molar-refractivity contribution < 1.29 is 14.2 Å². The van der Waals surface area contributed by atoms with E-state index in [9.17, 15) is 4.79 Å². The summed E-state index contributed by atoms with van der Waals surface area (Å²) in [5.74, 6) is 1.13. The number of nitrogens with one attached hydrogen (secondary N) is 1. The van der Waals surface area contributed by atoms with E-state index in [4.69, 9.17) is 9.36 Å². The van der Waals surface area contributed by atoms with Crippen LogP contribution in [0.5, 0.6) is 0 Å². The van der Waals surface area contributed by atoms with Crippen molar-refractivity contribution in [1.29, 1.82) is 0 Å². The van der Waals surface area contributed by atoms with Gasteiger partial charge in [0.15, 0.2) is 12.4 Å². The molecule has 1 amide bonds. The number of hydrogen-bond donors (Lipinski definition) is 1. The highest BCUT2D eigenvalue weighted by Gasteiger charge is 2.06. The van der Waals surface area contributed by atoms with Crippen LogP contribution in [-0.4, -0.2) is 23.9 Å². The van der Waals surface area contributed by atoms with E-state index in [-0.39, 0.29) is 12.5 Å². The van der Waals surface area contributed by atoms with E-state index in [1.807, 2.05) is 24.3 Å². The van der Waals surface area contributed by atoms with Crippen molar-refractivity contribution in [2.45, 2.75) is 26.7 Å². The second-order valence-corrected chi connectivity index (χ2v) is 5.20. The number of anilines is 1. The summed E-state index contributed by atoms with van der Waals surface area (Å²) in [6.07, 6.45) is 1.57. The molecule has 0 fully saturated rings. The molecule has 2 aromatic rings. The van der Waals surface area contributed by atoms with Crippen LogP contribution in [0.3, 0.4) is 0 Å². The number of carbonyl (C=O) groups is 1. The predicted molar refractivity (Wildman–Crippen MR) is 83.9 cm³/mol. The number of rotatable bonds is 6. The topological polar surface area (TPSA) is 76.7 Å². The second kappa shape index (κ2) is 7.40. The molecule has 6 heteroatoms. The first-order chi connectivity index (χ1) is 10.5. The summed E-state index contributed by atoms with van der Waals surface area (Å²) in [7, 11) is 0. The van der Waals surface area contributed by atoms with Crippen LogP contribution in [0.15, 0.2) is 40.0 Å². The fourth-order valence-electron chi connectivity index (χ4n) is 1.77. The molecule has 0 aliphatic rings. The Labute approximate surface area is 129 Å². The average molecular weight is 301 g/mol. The van der Waals surface area contributed by atoms with Crippen molar-refractivity contribution in [2.24, 2.45) is 5.16 Å². The van der Waals surface area contributed by atoms with Crippen molar-refractivity contribution in [1.82, 2.24) is 5.16 Å². The number of aryl methyl sites for hydroxylation is 1. The summed E-state index contributed by atoms with van der Waals surface area (Å²) in [6, 6.07) is 9.63. The molecule has 1 heterocycles. The normalized spacial score (nSPS) is 11.1. The standard InChI is InChI=1S/C16H19N3O3/c1-11(2)14-6-4-13(5-7-14)9-17-21-10-16(20)18-15-8-12(3)22-19-15/h4-9,11H,10H2,1-3H3,(H,18,19,20)/b17-9-. The van der Waals surface area contributed by atoms with Gasteiger partial charge in [-0.2, -0.15) is 0 Å². The third kappa shape index (κ3) is 4.73. The van der Waals surface area contributed by atoms with Gasteiger partial charge in [0.25, 0.3) is 5.91 Å². The minimum absolute atomic E-state index is 0.188. The molecular formula is C16H19N3O3. The number of amides is 1. The molecule has 6 nitrogen and oxygen atoms in total. The van der Waals surface area contributed by atoms with Gasteiger partial charge in [0.05, 0.1) is 6.21 Å². The van der Waals surface area contributed by atoms with Gasteiger partial charge in [0.2, 0.25) is 0 Å². The predicted octanol–water partition coefficient (Wildman–Crippen LogP) is 3.10. The van der Waals surface area contributed by atoms with Crippen molar-refractivity contribution in [3.63, 3.8) is 0 Å². The summed E-state index contributed by atoms with van der Waals surface area (Å²) in [5, 5.41) is 9.96. The molecule has 0 radical (unpaired) electrons. The smallest absolute Gasteiger partial charge is 0.266 e. The summed E-state index contributed by atoms with van der Waals surface area (Å²) in [4.78, 5) is 16.5. The summed E-state index contributed by atoms with van der Waals surface area (Å²) >= 11 is 0. The van der Waals surface area contributed by atoms with Gasteiger partial charge in [-0.3, -0.25) is 4.79 Å². The van der Waals surface area contributed by atoms with E-state index in [2.05, 4.69) is 29.5 Å². The number of oxime groups is 1. The highest BCUT2D eigenvalue weighted by atomic mass is 16.6. The fraction of sp³-hybridized carbons (Fsp3) is 0.312. The van der Waals surface area contributed by atoms with Gasteiger partial charge in [-0.15, -0.1) is 0 Å². The Morgan fingerprint density at radius 2 is 2.14 bits per heavy atom. The van der Waals surface area contributed by atoms with Crippen LogP contribution in [0.4, 0.5) is 5.82 Å². The molecule has 0 unspecified atom stereocenters. The number of hydrogen-bond acceptors (Lipinski definition) is 5. The van der Waals surface area contributed by atoms with Gasteiger partial charge in [-0.05, 0) is 24.0 Å². The minimum atomic E-state index is -0.347. The zero-order valence-corrected chi connectivity index (χ0v) is 12.9. The quantitative estimate of drug-likeness (QED) is 0.657. The third-order valence-electron chi connectivity index (χ3n) is 2.97. The first-order valence-electron chi connectivity index (χ1n) is 7.03. The van der Waals surface area contributed by atoms with Crippen LogP contribution < -0.4 is 5.32 Å². The zero-order chi connectivity index (χ0) is 15.9. The van der Waals surface area contributed by atoms with E-state index in [0.29, 0.717) is 17.5 Å². The molecule has 2 rings (SSSR count). The maximum Gasteiger partial charge on any atom is 0.266 e. The average Bonchev–Trinajstić information content (AvgIpc) is 2.89. The molecular weight excluding hydrogens is 282 g/mol. The molecule has 0 saturated carbocycles. The van der Waals surface area contributed by atoms with E-state index < -0.39 is 0 Å². The molecule has 22 heavy (non-hydrogen) atoms. The van der Waals surface area contributed by atoms with Crippen molar-refractivity contribution in [3.8, 4) is 0 Å². The lowest BCUT2D eigenvalue weighted by molar-refractivity contribution is -0.120. The van der Waals surface area contributed by atoms with E-state index >= 15 is 0 Å². The molecule has 1 aromatic heterocycles. The van der Waals surface area contributed by atoms with Crippen LogP contribution >= 0.6 is 0 Å². The number of aromatic nitrogens is 1.